The monoisotopic (exact) mass is 247 g/mol. The summed E-state index contributed by atoms with van der Waals surface area (Å²) in [7, 11) is 0. The van der Waals surface area contributed by atoms with Gasteiger partial charge in [0.25, 0.3) is 0 Å². The molecule has 1 aromatic carbocycles. The summed E-state index contributed by atoms with van der Waals surface area (Å²) < 4.78 is 0. The van der Waals surface area contributed by atoms with E-state index in [0.717, 1.165) is 6.54 Å². The molecule has 0 amide bonds. The first-order chi connectivity index (χ1) is 8.72. The Hall–Kier alpha value is -0.860. The van der Waals surface area contributed by atoms with Crippen molar-refractivity contribution in [3.05, 3.63) is 35.4 Å². The molecule has 18 heavy (non-hydrogen) atoms. The highest BCUT2D eigenvalue weighted by Gasteiger charge is 2.21. The van der Waals surface area contributed by atoms with E-state index in [4.69, 9.17) is 0 Å². The molecule has 1 aliphatic carbocycles. The molecule has 0 aliphatic heterocycles. The van der Waals surface area contributed by atoms with E-state index in [1.807, 2.05) is 0 Å². The van der Waals surface area contributed by atoms with Gasteiger partial charge in [-0.1, -0.05) is 38.1 Å². The highest BCUT2D eigenvalue weighted by atomic mass is 16.3. The zero-order valence-electron chi connectivity index (χ0n) is 11.5. The molecule has 1 aliphatic rings. The van der Waals surface area contributed by atoms with Crippen LogP contribution in [0.25, 0.3) is 0 Å². The van der Waals surface area contributed by atoms with Gasteiger partial charge in [0.15, 0.2) is 0 Å². The van der Waals surface area contributed by atoms with Crippen LogP contribution in [0, 0.1) is 5.92 Å². The number of hydrogen-bond acceptors (Lipinski definition) is 2. The lowest BCUT2D eigenvalue weighted by atomic mass is 9.82. The van der Waals surface area contributed by atoms with Crippen molar-refractivity contribution >= 4 is 0 Å². The Balaban J connectivity index is 1.99. The third kappa shape index (κ3) is 3.12. The highest BCUT2D eigenvalue weighted by Crippen LogP contribution is 2.30. The van der Waals surface area contributed by atoms with Crippen LogP contribution in [0.15, 0.2) is 24.3 Å². The van der Waals surface area contributed by atoms with Crippen LogP contribution >= 0.6 is 0 Å². The van der Waals surface area contributed by atoms with E-state index in [0.29, 0.717) is 11.8 Å². The number of rotatable bonds is 5. The minimum absolute atomic E-state index is 0.221. The average molecular weight is 247 g/mol. The Labute approximate surface area is 110 Å². The molecule has 0 aromatic heterocycles. The summed E-state index contributed by atoms with van der Waals surface area (Å²) in [4.78, 5) is 0. The van der Waals surface area contributed by atoms with E-state index in [9.17, 15) is 5.11 Å². The van der Waals surface area contributed by atoms with Crippen molar-refractivity contribution in [1.82, 2.24) is 5.32 Å². The van der Waals surface area contributed by atoms with Crippen LogP contribution in [0.4, 0.5) is 0 Å². The van der Waals surface area contributed by atoms with Gasteiger partial charge < -0.3 is 10.4 Å². The maximum atomic E-state index is 9.36. The fourth-order valence-corrected chi connectivity index (χ4v) is 2.87. The molecule has 2 atom stereocenters. The van der Waals surface area contributed by atoms with Gasteiger partial charge in [0.2, 0.25) is 0 Å². The quantitative estimate of drug-likeness (QED) is 0.838. The van der Waals surface area contributed by atoms with Crippen molar-refractivity contribution in [3.8, 4) is 0 Å². The minimum Gasteiger partial charge on any atom is -0.395 e. The van der Waals surface area contributed by atoms with Crippen LogP contribution in [-0.4, -0.2) is 24.3 Å². The summed E-state index contributed by atoms with van der Waals surface area (Å²) in [5, 5.41) is 12.9. The number of fused-ring (bicyclic) bond motifs is 1. The first-order valence-corrected chi connectivity index (χ1v) is 7.14. The molecule has 0 radical (unpaired) electrons. The molecule has 2 heteroatoms. The molecule has 1 unspecified atom stereocenters. The van der Waals surface area contributed by atoms with Crippen molar-refractivity contribution in [2.45, 2.75) is 45.1 Å². The van der Waals surface area contributed by atoms with E-state index in [-0.39, 0.29) is 12.6 Å². The van der Waals surface area contributed by atoms with Crippen LogP contribution in [0.5, 0.6) is 0 Å². The molecule has 0 saturated carbocycles. The summed E-state index contributed by atoms with van der Waals surface area (Å²) in [5.74, 6) is 1.09. The first kappa shape index (κ1) is 13.6. The second-order valence-corrected chi connectivity index (χ2v) is 5.73. The topological polar surface area (TPSA) is 32.3 Å². The van der Waals surface area contributed by atoms with Crippen LogP contribution in [0.1, 0.15) is 43.7 Å². The second kappa shape index (κ2) is 6.35. The van der Waals surface area contributed by atoms with Crippen molar-refractivity contribution in [1.29, 1.82) is 0 Å². The lowest BCUT2D eigenvalue weighted by molar-refractivity contribution is 0.208. The Kier molecular flexibility index (Phi) is 4.79. The predicted molar refractivity (Wildman–Crippen MR) is 75.8 cm³/mol. The van der Waals surface area contributed by atoms with E-state index >= 15 is 0 Å². The van der Waals surface area contributed by atoms with E-state index < -0.39 is 0 Å². The number of aliphatic hydroxyl groups is 1. The summed E-state index contributed by atoms with van der Waals surface area (Å²) in [6.45, 7) is 5.53. The van der Waals surface area contributed by atoms with Crippen molar-refractivity contribution in [2.24, 2.45) is 5.92 Å². The smallest absolute Gasteiger partial charge is 0.0587 e. The van der Waals surface area contributed by atoms with Gasteiger partial charge in [-0.25, -0.2) is 0 Å². The molecule has 2 rings (SSSR count). The molecule has 2 N–H and O–H groups in total. The normalized spacial score (nSPS) is 20.8. The molecular formula is C16H25NO. The van der Waals surface area contributed by atoms with Crippen LogP contribution in [0.3, 0.4) is 0 Å². The number of hydrogen-bond donors (Lipinski definition) is 2. The fraction of sp³-hybridized carbons (Fsp3) is 0.625. The van der Waals surface area contributed by atoms with Gasteiger partial charge in [-0.2, -0.15) is 0 Å². The standard InChI is InChI=1S/C16H25NO/c1-12(2)16(11-18)17-10-14-8-5-7-13-6-3-4-9-15(13)14/h3-4,6,9,12,14,16-18H,5,7-8,10-11H2,1-2H3/t14?,16-/m1/s1. The van der Waals surface area contributed by atoms with Gasteiger partial charge in [0.05, 0.1) is 6.61 Å². The van der Waals surface area contributed by atoms with Gasteiger partial charge in [-0.15, -0.1) is 0 Å². The summed E-state index contributed by atoms with van der Waals surface area (Å²) in [5.41, 5.74) is 3.03. The van der Waals surface area contributed by atoms with E-state index in [1.54, 1.807) is 0 Å². The van der Waals surface area contributed by atoms with Crippen molar-refractivity contribution < 1.29 is 5.11 Å². The third-order valence-corrected chi connectivity index (χ3v) is 4.12. The van der Waals surface area contributed by atoms with Crippen LogP contribution < -0.4 is 5.32 Å². The molecule has 0 spiro atoms. The van der Waals surface area contributed by atoms with Gasteiger partial charge in [0, 0.05) is 12.6 Å². The summed E-state index contributed by atoms with van der Waals surface area (Å²) in [6, 6.07) is 9.03. The molecule has 2 nitrogen and oxygen atoms in total. The maximum absolute atomic E-state index is 9.36. The number of nitrogens with one attached hydrogen (secondary N) is 1. The Morgan fingerprint density at radius 2 is 2.11 bits per heavy atom. The Bertz CT molecular complexity index is 375. The second-order valence-electron chi connectivity index (χ2n) is 5.73. The first-order valence-electron chi connectivity index (χ1n) is 7.14. The number of benzene rings is 1. The third-order valence-electron chi connectivity index (χ3n) is 4.12. The van der Waals surface area contributed by atoms with Gasteiger partial charge in [0.1, 0.15) is 0 Å². The predicted octanol–water partition coefficient (Wildman–Crippen LogP) is 2.71. The number of aliphatic hydroxyl groups excluding tert-OH is 1. The molecule has 1 aromatic rings. The number of aryl methyl sites for hydroxylation is 1. The fourth-order valence-electron chi connectivity index (χ4n) is 2.87. The molecule has 0 fully saturated rings. The summed E-state index contributed by atoms with van der Waals surface area (Å²) >= 11 is 0. The molecule has 0 bridgehead atoms. The lowest BCUT2D eigenvalue weighted by Gasteiger charge is -2.28. The van der Waals surface area contributed by atoms with Crippen LogP contribution in [-0.2, 0) is 6.42 Å². The Morgan fingerprint density at radius 1 is 1.33 bits per heavy atom. The highest BCUT2D eigenvalue weighted by molar-refractivity contribution is 5.32. The van der Waals surface area contributed by atoms with E-state index in [2.05, 4.69) is 43.4 Å². The van der Waals surface area contributed by atoms with Gasteiger partial charge >= 0.3 is 0 Å². The van der Waals surface area contributed by atoms with Crippen molar-refractivity contribution in [3.63, 3.8) is 0 Å². The average Bonchev–Trinajstić information content (AvgIpc) is 2.39. The van der Waals surface area contributed by atoms with Crippen molar-refractivity contribution in [2.75, 3.05) is 13.2 Å². The zero-order valence-corrected chi connectivity index (χ0v) is 11.5. The largest absolute Gasteiger partial charge is 0.395 e. The van der Waals surface area contributed by atoms with Crippen LogP contribution in [0.2, 0.25) is 0 Å². The molecular weight excluding hydrogens is 222 g/mol. The van der Waals surface area contributed by atoms with E-state index in [1.165, 1.54) is 30.4 Å². The minimum atomic E-state index is 0.221. The molecule has 0 saturated heterocycles. The zero-order chi connectivity index (χ0) is 13.0. The van der Waals surface area contributed by atoms with Gasteiger partial charge in [-0.3, -0.25) is 0 Å². The SMILES string of the molecule is CC(C)[C@@H](CO)NCC1CCCc2ccccc21. The lowest BCUT2D eigenvalue weighted by Crippen LogP contribution is -2.39. The molecule has 0 heterocycles. The molecule has 100 valence electrons. The Morgan fingerprint density at radius 3 is 2.83 bits per heavy atom. The van der Waals surface area contributed by atoms with Gasteiger partial charge in [-0.05, 0) is 42.2 Å². The maximum Gasteiger partial charge on any atom is 0.0587 e. The summed E-state index contributed by atoms with van der Waals surface area (Å²) in [6.07, 6.45) is 3.77.